The summed E-state index contributed by atoms with van der Waals surface area (Å²) in [5.41, 5.74) is 15.6. The van der Waals surface area contributed by atoms with Crippen LogP contribution in [0.4, 0.5) is 34.1 Å². The highest BCUT2D eigenvalue weighted by Gasteiger charge is 2.29. The molecular weight excluding hydrogens is 917 g/mol. The average Bonchev–Trinajstić information content (AvgIpc) is 3.96. The molecule has 8 heteroatoms. The third kappa shape index (κ3) is 5.76. The van der Waals surface area contributed by atoms with Gasteiger partial charge in [0.1, 0.15) is 0 Å². The van der Waals surface area contributed by atoms with Crippen molar-refractivity contribution in [2.24, 2.45) is 0 Å². The Balaban J connectivity index is 0.878. The maximum atomic E-state index is 4.99. The van der Waals surface area contributed by atoms with Crippen LogP contribution in [0.15, 0.2) is 250 Å². The summed E-state index contributed by atoms with van der Waals surface area (Å²) in [6, 6.07) is 80.1. The fraction of sp³-hybridized carbons (Fsp3) is 0. The first-order valence-electron chi connectivity index (χ1n) is 24.2. The van der Waals surface area contributed by atoms with Crippen molar-refractivity contribution in [3.8, 4) is 11.4 Å². The van der Waals surface area contributed by atoms with Gasteiger partial charge in [0.05, 0.1) is 55.8 Å². The van der Waals surface area contributed by atoms with Crippen molar-refractivity contribution in [1.29, 1.82) is 0 Å². The molecular formula is C64H38N6S2. The van der Waals surface area contributed by atoms with Crippen LogP contribution in [0.3, 0.4) is 0 Å². The molecule has 0 N–H and O–H groups in total. The van der Waals surface area contributed by atoms with Gasteiger partial charge in [0.2, 0.25) is 0 Å². The second kappa shape index (κ2) is 15.3. The fourth-order valence-electron chi connectivity index (χ4n) is 11.7. The Morgan fingerprint density at radius 1 is 0.264 bits per heavy atom. The van der Waals surface area contributed by atoms with Gasteiger partial charge < -0.3 is 18.9 Å². The number of aromatic nitrogens is 4. The number of rotatable bonds is 4. The van der Waals surface area contributed by atoms with Gasteiger partial charge in [-0.2, -0.15) is 0 Å². The van der Waals surface area contributed by atoms with Gasteiger partial charge in [-0.3, -0.25) is 9.97 Å². The van der Waals surface area contributed by atoms with E-state index in [1.165, 1.54) is 63.2 Å². The number of fused-ring (bicyclic) bond motifs is 16. The first kappa shape index (κ1) is 40.0. The van der Waals surface area contributed by atoms with E-state index in [9.17, 15) is 0 Å². The zero-order valence-electron chi connectivity index (χ0n) is 38.4. The SMILES string of the molecule is c1ccc2c(c1)Sc1cc(-n3c4ccccc4c4ccccc43)ccc1N2c1ccc2c(c1)c1cc(N3c4ccccc4Sc4cc(-n5c6ccccc6c6ccccc65)ccc43)ccc1c1nccnc21. The van der Waals surface area contributed by atoms with Crippen LogP contribution < -0.4 is 9.80 Å². The Morgan fingerprint density at radius 2 is 0.611 bits per heavy atom. The van der Waals surface area contributed by atoms with Gasteiger partial charge in [0, 0.05) is 87.0 Å². The number of para-hydroxylation sites is 6. The van der Waals surface area contributed by atoms with E-state index in [2.05, 4.69) is 237 Å². The van der Waals surface area contributed by atoms with Gasteiger partial charge in [-0.1, -0.05) is 133 Å². The minimum Gasteiger partial charge on any atom is -0.309 e. The Hall–Kier alpha value is -8.82. The molecule has 0 spiro atoms. The first-order valence-corrected chi connectivity index (χ1v) is 25.8. The van der Waals surface area contributed by atoms with E-state index in [1.54, 1.807) is 0 Å². The molecule has 11 aromatic carbocycles. The van der Waals surface area contributed by atoms with Gasteiger partial charge in [0.15, 0.2) is 0 Å². The van der Waals surface area contributed by atoms with E-state index in [0.29, 0.717) is 0 Å². The monoisotopic (exact) mass is 954 g/mol. The first-order chi connectivity index (χ1) is 35.7. The van der Waals surface area contributed by atoms with Crippen molar-refractivity contribution in [3.05, 3.63) is 231 Å². The van der Waals surface area contributed by atoms with Crippen LogP contribution in [0.2, 0.25) is 0 Å². The average molecular weight is 955 g/mol. The zero-order chi connectivity index (χ0) is 47.0. The van der Waals surface area contributed by atoms with Crippen molar-refractivity contribution in [1.82, 2.24) is 19.1 Å². The highest BCUT2D eigenvalue weighted by atomic mass is 32.2. The normalized spacial score (nSPS) is 13.1. The lowest BCUT2D eigenvalue weighted by atomic mass is 9.97. The molecule has 0 saturated carbocycles. The van der Waals surface area contributed by atoms with Crippen molar-refractivity contribution >= 4 is 134 Å². The predicted octanol–water partition coefficient (Wildman–Crippen LogP) is 18.0. The molecule has 0 unspecified atom stereocenters. The quantitative estimate of drug-likeness (QED) is 0.164. The maximum Gasteiger partial charge on any atom is 0.0971 e. The van der Waals surface area contributed by atoms with E-state index in [4.69, 9.17) is 9.97 Å². The summed E-state index contributed by atoms with van der Waals surface area (Å²) in [5, 5.41) is 9.41. The van der Waals surface area contributed by atoms with Crippen LogP contribution in [0.25, 0.3) is 87.6 Å². The smallest absolute Gasteiger partial charge is 0.0971 e. The van der Waals surface area contributed by atoms with Gasteiger partial charge in [-0.25, -0.2) is 0 Å². The Labute approximate surface area is 422 Å². The van der Waals surface area contributed by atoms with Gasteiger partial charge in [0.25, 0.3) is 0 Å². The van der Waals surface area contributed by atoms with Crippen molar-refractivity contribution in [2.45, 2.75) is 19.6 Å². The topological polar surface area (TPSA) is 42.1 Å². The van der Waals surface area contributed by atoms with E-state index in [1.807, 2.05) is 35.9 Å². The molecule has 0 aliphatic carbocycles. The van der Waals surface area contributed by atoms with Crippen molar-refractivity contribution < 1.29 is 0 Å². The number of benzene rings is 11. The maximum absolute atomic E-state index is 4.99. The summed E-state index contributed by atoms with van der Waals surface area (Å²) in [4.78, 5) is 19.7. The molecule has 0 fully saturated rings. The van der Waals surface area contributed by atoms with E-state index in [-0.39, 0.29) is 0 Å². The largest absolute Gasteiger partial charge is 0.309 e. The number of hydrogen-bond acceptors (Lipinski definition) is 6. The molecule has 0 saturated heterocycles. The summed E-state index contributed by atoms with van der Waals surface area (Å²) in [6.45, 7) is 0. The summed E-state index contributed by atoms with van der Waals surface area (Å²) in [5.74, 6) is 0. The summed E-state index contributed by atoms with van der Waals surface area (Å²) in [7, 11) is 0. The van der Waals surface area contributed by atoms with Crippen LogP contribution >= 0.6 is 23.5 Å². The molecule has 72 heavy (non-hydrogen) atoms. The second-order valence-corrected chi connectivity index (χ2v) is 20.7. The zero-order valence-corrected chi connectivity index (χ0v) is 40.1. The van der Waals surface area contributed by atoms with Crippen LogP contribution in [-0.2, 0) is 0 Å². The second-order valence-electron chi connectivity index (χ2n) is 18.6. The van der Waals surface area contributed by atoms with E-state index in [0.717, 1.165) is 78.1 Å². The van der Waals surface area contributed by atoms with Crippen molar-refractivity contribution in [3.63, 3.8) is 0 Å². The van der Waals surface area contributed by atoms with E-state index < -0.39 is 0 Å². The highest BCUT2D eigenvalue weighted by Crippen LogP contribution is 2.55. The lowest BCUT2D eigenvalue weighted by Crippen LogP contribution is -2.15. The third-order valence-electron chi connectivity index (χ3n) is 14.7. The van der Waals surface area contributed by atoms with Crippen LogP contribution in [0.5, 0.6) is 0 Å². The van der Waals surface area contributed by atoms with Crippen LogP contribution in [-0.4, -0.2) is 19.1 Å². The highest BCUT2D eigenvalue weighted by molar-refractivity contribution is 8.00. The Kier molecular flexibility index (Phi) is 8.51. The van der Waals surface area contributed by atoms with Gasteiger partial charge in [-0.05, 0) is 120 Å². The fourth-order valence-corrected chi connectivity index (χ4v) is 13.8. The molecule has 2 aliphatic rings. The molecule has 336 valence electrons. The van der Waals surface area contributed by atoms with Crippen molar-refractivity contribution in [2.75, 3.05) is 9.80 Å². The molecule has 6 nitrogen and oxygen atoms in total. The lowest BCUT2D eigenvalue weighted by molar-refractivity contribution is 1.12. The minimum atomic E-state index is 0.896. The molecule has 5 heterocycles. The molecule has 0 atom stereocenters. The molecule has 2 aliphatic heterocycles. The Morgan fingerprint density at radius 3 is 1.03 bits per heavy atom. The standard InChI is InChI=1S/C64H38N6S2/c1-5-17-51-43(13-1)44-14-2-6-18-52(44)67(51)41-27-31-57-61(37-41)71-59-23-11-9-21-55(59)69(57)39-25-29-47-49(35-39)50-36-40(26-30-48(50)64-63(47)65-33-34-66-64)70-56-22-10-12-24-60(56)72-62-38-42(28-32-58(62)70)68-53-19-7-3-15-45(53)46-16-4-8-20-54(46)68/h1-38H. The molecule has 16 rings (SSSR count). The van der Waals surface area contributed by atoms with Gasteiger partial charge >= 0.3 is 0 Å². The molecule has 0 radical (unpaired) electrons. The predicted molar refractivity (Wildman–Crippen MR) is 301 cm³/mol. The number of anilines is 6. The van der Waals surface area contributed by atoms with Crippen LogP contribution in [0.1, 0.15) is 0 Å². The summed E-state index contributed by atoms with van der Waals surface area (Å²) < 4.78 is 4.82. The summed E-state index contributed by atoms with van der Waals surface area (Å²) >= 11 is 3.67. The minimum absolute atomic E-state index is 0.896. The molecule has 0 amide bonds. The number of hydrogen-bond donors (Lipinski definition) is 0. The number of nitrogens with zero attached hydrogens (tertiary/aromatic N) is 6. The Bertz CT molecular complexity index is 4230. The van der Waals surface area contributed by atoms with Gasteiger partial charge in [-0.15, -0.1) is 0 Å². The molecule has 3 aromatic heterocycles. The third-order valence-corrected chi connectivity index (χ3v) is 16.9. The van der Waals surface area contributed by atoms with Crippen LogP contribution in [0, 0.1) is 0 Å². The lowest BCUT2D eigenvalue weighted by Gasteiger charge is -2.34. The molecule has 14 aromatic rings. The molecule has 0 bridgehead atoms. The summed E-state index contributed by atoms with van der Waals surface area (Å²) in [6.07, 6.45) is 3.62. The van der Waals surface area contributed by atoms with E-state index >= 15 is 0 Å².